The van der Waals surface area contributed by atoms with Crippen LogP contribution in [-0.2, 0) is 16.6 Å². The lowest BCUT2D eigenvalue weighted by Crippen LogP contribution is -2.37. The van der Waals surface area contributed by atoms with Gasteiger partial charge in [0.1, 0.15) is 0 Å². The summed E-state index contributed by atoms with van der Waals surface area (Å²) in [5.41, 5.74) is 0.675. The Morgan fingerprint density at radius 1 is 1.24 bits per heavy atom. The van der Waals surface area contributed by atoms with Crippen molar-refractivity contribution < 1.29 is 13.5 Å². The van der Waals surface area contributed by atoms with E-state index in [0.29, 0.717) is 16.6 Å². The fraction of sp³-hybridized carbons (Fsp3) is 0.571. The fourth-order valence-corrected chi connectivity index (χ4v) is 4.60. The van der Waals surface area contributed by atoms with Gasteiger partial charge in [-0.15, -0.1) is 0 Å². The molecule has 7 heteroatoms. The molecule has 1 fully saturated rings. The number of sulfonamides is 1. The topological polar surface area (TPSA) is 69.6 Å². The summed E-state index contributed by atoms with van der Waals surface area (Å²) < 4.78 is 27.7. The molecule has 0 aliphatic carbocycles. The zero-order chi connectivity index (χ0) is 15.3. The standard InChI is InChI=1S/C14H21BrN2O3S/c15-13-10-12(11-18)4-5-14(13)21(19,20)16-6-9-17-7-2-1-3-8-17/h4-5,10,16,18H,1-3,6-9,11H2. The van der Waals surface area contributed by atoms with Crippen molar-refractivity contribution in [2.24, 2.45) is 0 Å². The Hall–Kier alpha value is -0.470. The van der Waals surface area contributed by atoms with Crippen molar-refractivity contribution in [1.29, 1.82) is 0 Å². The van der Waals surface area contributed by atoms with Crippen LogP contribution in [0.3, 0.4) is 0 Å². The minimum Gasteiger partial charge on any atom is -0.392 e. The van der Waals surface area contributed by atoms with Crippen LogP contribution in [0.5, 0.6) is 0 Å². The second-order valence-electron chi connectivity index (χ2n) is 5.22. The van der Waals surface area contributed by atoms with Gasteiger partial charge < -0.3 is 10.0 Å². The van der Waals surface area contributed by atoms with E-state index in [1.54, 1.807) is 12.1 Å². The van der Waals surface area contributed by atoms with Crippen LogP contribution in [0.2, 0.25) is 0 Å². The summed E-state index contributed by atoms with van der Waals surface area (Å²) in [5, 5.41) is 9.05. The maximum Gasteiger partial charge on any atom is 0.241 e. The number of benzene rings is 1. The lowest BCUT2D eigenvalue weighted by Gasteiger charge is -2.26. The molecule has 1 aliphatic rings. The van der Waals surface area contributed by atoms with Gasteiger partial charge in [0.15, 0.2) is 0 Å². The highest BCUT2D eigenvalue weighted by Crippen LogP contribution is 2.23. The van der Waals surface area contributed by atoms with E-state index in [-0.39, 0.29) is 11.5 Å². The monoisotopic (exact) mass is 376 g/mol. The lowest BCUT2D eigenvalue weighted by molar-refractivity contribution is 0.233. The van der Waals surface area contributed by atoms with Crippen LogP contribution >= 0.6 is 15.9 Å². The SMILES string of the molecule is O=S(=O)(NCCN1CCCCC1)c1ccc(CO)cc1Br. The summed E-state index contributed by atoms with van der Waals surface area (Å²) in [7, 11) is -3.52. The average molecular weight is 377 g/mol. The van der Waals surface area contributed by atoms with Crippen molar-refractivity contribution in [3.63, 3.8) is 0 Å². The van der Waals surface area contributed by atoms with Crippen LogP contribution in [-0.4, -0.2) is 44.6 Å². The van der Waals surface area contributed by atoms with E-state index in [1.807, 2.05) is 0 Å². The number of halogens is 1. The van der Waals surface area contributed by atoms with E-state index in [9.17, 15) is 8.42 Å². The van der Waals surface area contributed by atoms with Gasteiger partial charge in [0, 0.05) is 17.6 Å². The fourth-order valence-electron chi connectivity index (χ4n) is 2.46. The zero-order valence-corrected chi connectivity index (χ0v) is 14.3. The van der Waals surface area contributed by atoms with E-state index >= 15 is 0 Å². The molecule has 0 bridgehead atoms. The third kappa shape index (κ3) is 4.75. The summed E-state index contributed by atoms with van der Waals surface area (Å²) in [4.78, 5) is 2.49. The van der Waals surface area contributed by atoms with Crippen molar-refractivity contribution in [1.82, 2.24) is 9.62 Å². The summed E-state index contributed by atoms with van der Waals surface area (Å²) >= 11 is 3.25. The van der Waals surface area contributed by atoms with Gasteiger partial charge in [-0.2, -0.15) is 0 Å². The number of aliphatic hydroxyl groups excluding tert-OH is 1. The lowest BCUT2D eigenvalue weighted by atomic mass is 10.1. The number of piperidine rings is 1. The number of rotatable bonds is 6. The molecule has 0 spiro atoms. The van der Waals surface area contributed by atoms with Gasteiger partial charge in [-0.3, -0.25) is 0 Å². The maximum atomic E-state index is 12.3. The van der Waals surface area contributed by atoms with Crippen molar-refractivity contribution >= 4 is 26.0 Å². The van der Waals surface area contributed by atoms with Crippen LogP contribution in [0.1, 0.15) is 24.8 Å². The van der Waals surface area contributed by atoms with Crippen LogP contribution in [0.4, 0.5) is 0 Å². The number of likely N-dealkylation sites (tertiary alicyclic amines) is 1. The predicted octanol–water partition coefficient (Wildman–Crippen LogP) is 1.71. The van der Waals surface area contributed by atoms with Crippen molar-refractivity contribution in [2.75, 3.05) is 26.2 Å². The Bertz CT molecular complexity index is 572. The molecule has 0 radical (unpaired) electrons. The van der Waals surface area contributed by atoms with Gasteiger partial charge >= 0.3 is 0 Å². The molecule has 118 valence electrons. The summed E-state index contributed by atoms with van der Waals surface area (Å²) in [6.07, 6.45) is 3.66. The van der Waals surface area contributed by atoms with Gasteiger partial charge in [0.05, 0.1) is 11.5 Å². The summed E-state index contributed by atoms with van der Waals surface area (Å²) in [6.45, 7) is 3.15. The van der Waals surface area contributed by atoms with E-state index < -0.39 is 10.0 Å². The molecule has 0 saturated carbocycles. The highest BCUT2D eigenvalue weighted by Gasteiger charge is 2.18. The minimum atomic E-state index is -3.52. The summed E-state index contributed by atoms with van der Waals surface area (Å²) in [6, 6.07) is 4.75. The minimum absolute atomic E-state index is 0.110. The number of hydrogen-bond donors (Lipinski definition) is 2. The molecule has 0 amide bonds. The van der Waals surface area contributed by atoms with Crippen LogP contribution in [0.15, 0.2) is 27.6 Å². The van der Waals surface area contributed by atoms with Gasteiger partial charge in [0.25, 0.3) is 0 Å². The molecule has 1 aromatic rings. The van der Waals surface area contributed by atoms with Gasteiger partial charge in [-0.25, -0.2) is 13.1 Å². The van der Waals surface area contributed by atoms with Crippen LogP contribution in [0.25, 0.3) is 0 Å². The van der Waals surface area contributed by atoms with Crippen molar-refractivity contribution in [3.05, 3.63) is 28.2 Å². The highest BCUT2D eigenvalue weighted by atomic mass is 79.9. The average Bonchev–Trinajstić information content (AvgIpc) is 2.47. The molecule has 0 atom stereocenters. The first-order valence-corrected chi connectivity index (χ1v) is 9.42. The number of nitrogens with one attached hydrogen (secondary N) is 1. The number of hydrogen-bond acceptors (Lipinski definition) is 4. The van der Waals surface area contributed by atoms with E-state index in [4.69, 9.17) is 5.11 Å². The number of aliphatic hydroxyl groups is 1. The number of nitrogens with zero attached hydrogens (tertiary/aromatic N) is 1. The third-order valence-corrected chi connectivity index (χ3v) is 6.07. The molecule has 2 rings (SSSR count). The Kier molecular flexibility index (Phi) is 6.19. The maximum absolute atomic E-state index is 12.3. The van der Waals surface area contributed by atoms with E-state index in [0.717, 1.165) is 19.6 Å². The normalized spacial score (nSPS) is 17.0. The molecule has 21 heavy (non-hydrogen) atoms. The largest absolute Gasteiger partial charge is 0.392 e. The highest BCUT2D eigenvalue weighted by molar-refractivity contribution is 9.10. The Labute approximate surface area is 134 Å². The Morgan fingerprint density at radius 3 is 2.57 bits per heavy atom. The molecule has 1 heterocycles. The molecule has 2 N–H and O–H groups in total. The van der Waals surface area contributed by atoms with Crippen molar-refractivity contribution in [3.8, 4) is 0 Å². The molecule has 5 nitrogen and oxygen atoms in total. The Morgan fingerprint density at radius 2 is 1.95 bits per heavy atom. The Balaban J connectivity index is 1.94. The molecule has 0 aromatic heterocycles. The summed E-state index contributed by atoms with van der Waals surface area (Å²) in [5.74, 6) is 0. The smallest absolute Gasteiger partial charge is 0.241 e. The molecular formula is C14H21BrN2O3S. The molecule has 0 unspecified atom stereocenters. The van der Waals surface area contributed by atoms with Crippen molar-refractivity contribution in [2.45, 2.75) is 30.8 Å². The first-order valence-electron chi connectivity index (χ1n) is 7.14. The molecule has 1 aromatic carbocycles. The molecule has 1 saturated heterocycles. The van der Waals surface area contributed by atoms with Gasteiger partial charge in [-0.1, -0.05) is 12.5 Å². The second-order valence-corrected chi connectivity index (χ2v) is 7.81. The van der Waals surface area contributed by atoms with Crippen LogP contribution in [0, 0.1) is 0 Å². The first kappa shape index (κ1) is 16.9. The first-order chi connectivity index (χ1) is 10.0. The third-order valence-electron chi connectivity index (χ3n) is 3.64. The van der Waals surface area contributed by atoms with E-state index in [1.165, 1.54) is 25.3 Å². The zero-order valence-electron chi connectivity index (χ0n) is 11.9. The van der Waals surface area contributed by atoms with Gasteiger partial charge in [-0.05, 0) is 59.6 Å². The molecular weight excluding hydrogens is 356 g/mol. The van der Waals surface area contributed by atoms with E-state index in [2.05, 4.69) is 25.6 Å². The van der Waals surface area contributed by atoms with Gasteiger partial charge in [0.2, 0.25) is 10.0 Å². The quantitative estimate of drug-likeness (QED) is 0.792. The predicted molar refractivity (Wildman–Crippen MR) is 85.5 cm³/mol. The second kappa shape index (κ2) is 7.69. The van der Waals surface area contributed by atoms with Crippen LogP contribution < -0.4 is 4.72 Å². The molecule has 1 aliphatic heterocycles.